The second kappa shape index (κ2) is 11.0. The van der Waals surface area contributed by atoms with Crippen LogP contribution in [0, 0.1) is 0 Å². The van der Waals surface area contributed by atoms with Crippen molar-refractivity contribution in [3.05, 3.63) is 42.1 Å². The van der Waals surface area contributed by atoms with Gasteiger partial charge >= 0.3 is 5.97 Å². The number of hydrogen-bond acceptors (Lipinski definition) is 7. The molecule has 3 N–H and O–H groups in total. The van der Waals surface area contributed by atoms with Crippen LogP contribution in [0.3, 0.4) is 0 Å². The third-order valence-corrected chi connectivity index (χ3v) is 4.13. The maximum absolute atomic E-state index is 12.0. The van der Waals surface area contributed by atoms with Crippen LogP contribution in [0.1, 0.15) is 38.2 Å². The van der Waals surface area contributed by atoms with Gasteiger partial charge < -0.3 is 20.5 Å². The molecule has 0 bridgehead atoms. The summed E-state index contributed by atoms with van der Waals surface area (Å²) in [5, 5.41) is 3.10. The van der Waals surface area contributed by atoms with Crippen LogP contribution >= 0.6 is 0 Å². The van der Waals surface area contributed by atoms with Crippen molar-refractivity contribution in [2.45, 2.75) is 45.1 Å². The number of aromatic nitrogens is 2. The molecule has 0 saturated heterocycles. The Morgan fingerprint density at radius 3 is 2.74 bits per heavy atom. The van der Waals surface area contributed by atoms with Gasteiger partial charge in [-0.15, -0.1) is 0 Å². The second-order valence-electron chi connectivity index (χ2n) is 6.24. The van der Waals surface area contributed by atoms with Crippen molar-refractivity contribution in [1.29, 1.82) is 0 Å². The molecule has 1 aromatic carbocycles. The molecule has 0 aliphatic heterocycles. The number of carbonyl (C=O) groups excluding carboxylic acids is 1. The Labute approximate surface area is 160 Å². The van der Waals surface area contributed by atoms with E-state index in [2.05, 4.69) is 34.3 Å². The first-order valence-electron chi connectivity index (χ1n) is 9.27. The van der Waals surface area contributed by atoms with E-state index < -0.39 is 6.04 Å². The third-order valence-electron chi connectivity index (χ3n) is 4.13. The van der Waals surface area contributed by atoms with Crippen molar-refractivity contribution in [3.8, 4) is 5.75 Å². The lowest BCUT2D eigenvalue weighted by Gasteiger charge is -2.19. The van der Waals surface area contributed by atoms with Crippen molar-refractivity contribution in [1.82, 2.24) is 9.97 Å². The van der Waals surface area contributed by atoms with E-state index >= 15 is 0 Å². The van der Waals surface area contributed by atoms with Crippen LogP contribution in [0.25, 0.3) is 0 Å². The molecule has 0 saturated carbocycles. The molecular formula is C20H28N4O3. The Morgan fingerprint density at radius 2 is 2.04 bits per heavy atom. The number of methoxy groups -OCH3 is 1. The number of nitrogens with two attached hydrogens (primary N) is 1. The highest BCUT2D eigenvalue weighted by Crippen LogP contribution is 2.24. The summed E-state index contributed by atoms with van der Waals surface area (Å²) >= 11 is 0. The van der Waals surface area contributed by atoms with Gasteiger partial charge in [0, 0.05) is 0 Å². The molecule has 7 heteroatoms. The molecule has 1 aromatic heterocycles. The summed E-state index contributed by atoms with van der Waals surface area (Å²) in [7, 11) is 1.37. The normalized spacial score (nSPS) is 11.6. The van der Waals surface area contributed by atoms with Crippen LogP contribution in [0.15, 0.2) is 36.5 Å². The average Bonchev–Trinajstić information content (AvgIpc) is 2.69. The number of ether oxygens (including phenoxy) is 2. The molecule has 0 radical (unpaired) electrons. The Hall–Kier alpha value is -2.83. The minimum atomic E-state index is -0.504. The Morgan fingerprint density at radius 1 is 1.26 bits per heavy atom. The zero-order valence-electron chi connectivity index (χ0n) is 16.0. The van der Waals surface area contributed by atoms with Crippen LogP contribution in [-0.4, -0.2) is 35.7 Å². The van der Waals surface area contributed by atoms with Crippen LogP contribution in [0.2, 0.25) is 0 Å². The maximum Gasteiger partial charge on any atom is 0.328 e. The van der Waals surface area contributed by atoms with E-state index in [4.69, 9.17) is 15.2 Å². The van der Waals surface area contributed by atoms with E-state index in [1.807, 2.05) is 18.2 Å². The quantitative estimate of drug-likeness (QED) is 0.461. The number of unbranched alkanes of at least 4 members (excludes halogenated alkanes) is 1. The van der Waals surface area contributed by atoms with Gasteiger partial charge in [-0.05, 0) is 24.8 Å². The standard InChI is InChI=1S/C20H28N4O3/c1-3-4-12-16(19(25)26-2)23-18-17(14-22-20(21)24-18)27-13-8-11-15-9-6-5-7-10-15/h5-7,9-10,14,16H,3-4,8,11-13H2,1-2H3,(H3,21,22,23,24)/t16-/m0/s1. The minimum Gasteiger partial charge on any atom is -0.488 e. The summed E-state index contributed by atoms with van der Waals surface area (Å²) < 4.78 is 10.7. The van der Waals surface area contributed by atoms with Gasteiger partial charge in [0.1, 0.15) is 6.04 Å². The fourth-order valence-corrected chi connectivity index (χ4v) is 2.66. The van der Waals surface area contributed by atoms with Gasteiger partial charge in [0.25, 0.3) is 0 Å². The molecular weight excluding hydrogens is 344 g/mol. The van der Waals surface area contributed by atoms with Gasteiger partial charge in [-0.3, -0.25) is 0 Å². The van der Waals surface area contributed by atoms with Crippen LogP contribution in [0.5, 0.6) is 5.75 Å². The van der Waals surface area contributed by atoms with Crippen molar-refractivity contribution < 1.29 is 14.3 Å². The highest BCUT2D eigenvalue weighted by molar-refractivity contribution is 5.79. The predicted octanol–water partition coefficient (Wildman–Crippen LogP) is 3.21. The molecule has 146 valence electrons. The molecule has 1 atom stereocenters. The lowest BCUT2D eigenvalue weighted by molar-refractivity contribution is -0.141. The summed E-state index contributed by atoms with van der Waals surface area (Å²) in [6.07, 6.45) is 5.80. The number of rotatable bonds is 11. The SMILES string of the molecule is CCCC[C@H](Nc1nc(N)ncc1OCCCc1ccccc1)C(=O)OC. The van der Waals surface area contributed by atoms with Crippen LogP contribution < -0.4 is 15.8 Å². The highest BCUT2D eigenvalue weighted by Gasteiger charge is 2.21. The fraction of sp³-hybridized carbons (Fsp3) is 0.450. The van der Waals surface area contributed by atoms with E-state index in [-0.39, 0.29) is 11.9 Å². The largest absolute Gasteiger partial charge is 0.488 e. The number of nitrogens with zero attached hydrogens (tertiary/aromatic N) is 2. The summed E-state index contributed by atoms with van der Waals surface area (Å²) in [4.78, 5) is 20.2. The fourth-order valence-electron chi connectivity index (χ4n) is 2.66. The van der Waals surface area contributed by atoms with Crippen molar-refractivity contribution in [2.75, 3.05) is 24.8 Å². The molecule has 7 nitrogen and oxygen atoms in total. The second-order valence-corrected chi connectivity index (χ2v) is 6.24. The first-order chi connectivity index (χ1) is 13.1. The summed E-state index contributed by atoms with van der Waals surface area (Å²) in [5.74, 6) is 0.667. The van der Waals surface area contributed by atoms with Gasteiger partial charge in [-0.2, -0.15) is 4.98 Å². The molecule has 0 aliphatic rings. The van der Waals surface area contributed by atoms with Crippen molar-refractivity contribution in [3.63, 3.8) is 0 Å². The number of hydrogen-bond donors (Lipinski definition) is 2. The third kappa shape index (κ3) is 6.77. The highest BCUT2D eigenvalue weighted by atomic mass is 16.5. The molecule has 1 heterocycles. The van der Waals surface area contributed by atoms with E-state index in [0.29, 0.717) is 24.6 Å². The smallest absolute Gasteiger partial charge is 0.328 e. The Bertz CT molecular complexity index is 710. The summed E-state index contributed by atoms with van der Waals surface area (Å²) in [6, 6.07) is 9.72. The van der Waals surface area contributed by atoms with E-state index in [0.717, 1.165) is 25.7 Å². The van der Waals surface area contributed by atoms with E-state index in [1.54, 1.807) is 0 Å². The monoisotopic (exact) mass is 372 g/mol. The zero-order chi connectivity index (χ0) is 19.5. The van der Waals surface area contributed by atoms with Gasteiger partial charge in [-0.1, -0.05) is 50.1 Å². The molecule has 0 amide bonds. The average molecular weight is 372 g/mol. The lowest BCUT2D eigenvalue weighted by atomic mass is 10.1. The molecule has 0 spiro atoms. The van der Waals surface area contributed by atoms with Crippen LogP contribution in [0.4, 0.5) is 11.8 Å². The number of benzene rings is 1. The molecule has 2 rings (SSSR count). The number of anilines is 2. The number of nitrogen functional groups attached to an aromatic ring is 1. The van der Waals surface area contributed by atoms with Gasteiger partial charge in [-0.25, -0.2) is 9.78 Å². The zero-order valence-corrected chi connectivity index (χ0v) is 16.0. The molecule has 0 aliphatic carbocycles. The van der Waals surface area contributed by atoms with E-state index in [1.165, 1.54) is 18.9 Å². The van der Waals surface area contributed by atoms with Crippen molar-refractivity contribution in [2.24, 2.45) is 0 Å². The van der Waals surface area contributed by atoms with Crippen molar-refractivity contribution >= 4 is 17.7 Å². The summed E-state index contributed by atoms with van der Waals surface area (Å²) in [6.45, 7) is 2.58. The van der Waals surface area contributed by atoms with E-state index in [9.17, 15) is 4.79 Å². The van der Waals surface area contributed by atoms with Gasteiger partial charge in [0.05, 0.1) is 19.9 Å². The molecule has 0 fully saturated rings. The number of carbonyl (C=O) groups is 1. The topological polar surface area (TPSA) is 99.4 Å². The lowest BCUT2D eigenvalue weighted by Crippen LogP contribution is -2.31. The Kier molecular flexibility index (Phi) is 8.35. The minimum absolute atomic E-state index is 0.119. The predicted molar refractivity (Wildman–Crippen MR) is 106 cm³/mol. The number of esters is 1. The Balaban J connectivity index is 1.98. The van der Waals surface area contributed by atoms with Gasteiger partial charge in [0.2, 0.25) is 5.95 Å². The first kappa shape index (κ1) is 20.5. The summed E-state index contributed by atoms with van der Waals surface area (Å²) in [5.41, 5.74) is 6.97. The van der Waals surface area contributed by atoms with Crippen LogP contribution in [-0.2, 0) is 16.0 Å². The first-order valence-corrected chi connectivity index (χ1v) is 9.27. The van der Waals surface area contributed by atoms with Gasteiger partial charge in [0.15, 0.2) is 11.6 Å². The number of aryl methyl sites for hydroxylation is 1. The number of nitrogens with one attached hydrogen (secondary N) is 1. The molecule has 27 heavy (non-hydrogen) atoms. The molecule has 2 aromatic rings. The maximum atomic E-state index is 12.0. The molecule has 0 unspecified atom stereocenters.